The van der Waals surface area contributed by atoms with Gasteiger partial charge in [0, 0.05) is 30.7 Å². The zero-order valence-electron chi connectivity index (χ0n) is 18.6. The number of morpholine rings is 1. The number of nitrogens with zero attached hydrogens (tertiary/aromatic N) is 3. The molecule has 0 spiro atoms. The monoisotopic (exact) mass is 454 g/mol. The highest BCUT2D eigenvalue weighted by Crippen LogP contribution is 2.38. The first-order valence-corrected chi connectivity index (χ1v) is 11.4. The minimum atomic E-state index is -0.455. The molecular formula is C23H26N4O4S. The van der Waals surface area contributed by atoms with Gasteiger partial charge in [0.15, 0.2) is 5.13 Å². The second-order valence-electron chi connectivity index (χ2n) is 8.87. The summed E-state index contributed by atoms with van der Waals surface area (Å²) in [6, 6.07) is 5.72. The molecule has 168 valence electrons. The van der Waals surface area contributed by atoms with Gasteiger partial charge < -0.3 is 24.3 Å². The zero-order valence-corrected chi connectivity index (χ0v) is 19.4. The van der Waals surface area contributed by atoms with Gasteiger partial charge in [0.25, 0.3) is 5.91 Å². The van der Waals surface area contributed by atoms with Gasteiger partial charge in [-0.1, -0.05) is 11.3 Å². The van der Waals surface area contributed by atoms with Crippen LogP contribution in [0.3, 0.4) is 0 Å². The van der Waals surface area contributed by atoms with Crippen molar-refractivity contribution in [3.63, 3.8) is 0 Å². The number of ether oxygens (including phenoxy) is 2. The normalized spacial score (nSPS) is 19.8. The molecule has 0 saturated carbocycles. The van der Waals surface area contributed by atoms with E-state index in [9.17, 15) is 9.59 Å². The average molecular weight is 455 g/mol. The Labute approximate surface area is 190 Å². The smallest absolute Gasteiger partial charge is 0.337 e. The molecule has 1 atom stereocenters. The van der Waals surface area contributed by atoms with Crippen LogP contribution in [-0.2, 0) is 28.5 Å². The molecule has 0 radical (unpaired) electrons. The summed E-state index contributed by atoms with van der Waals surface area (Å²) < 4.78 is 12.8. The van der Waals surface area contributed by atoms with E-state index in [-0.39, 0.29) is 17.9 Å². The first-order chi connectivity index (χ1) is 15.3. The lowest BCUT2D eigenvalue weighted by molar-refractivity contribution is 0.0600. The van der Waals surface area contributed by atoms with Crippen LogP contribution in [0.1, 0.15) is 45.1 Å². The van der Waals surface area contributed by atoms with E-state index >= 15 is 0 Å². The third kappa shape index (κ3) is 3.36. The molecule has 1 amide bonds. The second-order valence-corrected chi connectivity index (χ2v) is 9.85. The van der Waals surface area contributed by atoms with Crippen molar-refractivity contribution >= 4 is 39.2 Å². The first-order valence-electron chi connectivity index (χ1n) is 10.6. The molecule has 1 aromatic carbocycles. The fraction of sp³-hybridized carbons (Fsp3) is 0.435. The van der Waals surface area contributed by atoms with Gasteiger partial charge in [-0.3, -0.25) is 4.79 Å². The topological polar surface area (TPSA) is 85.7 Å². The molecule has 1 N–H and O–H groups in total. The van der Waals surface area contributed by atoms with Crippen LogP contribution >= 0.6 is 11.3 Å². The number of fused-ring (bicyclic) bond motifs is 2. The number of benzene rings is 1. The average Bonchev–Trinajstić information content (AvgIpc) is 3.41. The maximum Gasteiger partial charge on any atom is 0.337 e. The molecule has 2 aromatic heterocycles. The number of anilines is 1. The molecule has 2 aliphatic heterocycles. The molecule has 0 aliphatic carbocycles. The molecule has 8 nitrogen and oxygen atoms in total. The van der Waals surface area contributed by atoms with Crippen LogP contribution < -0.4 is 10.2 Å². The summed E-state index contributed by atoms with van der Waals surface area (Å²) in [5, 5.41) is 4.88. The van der Waals surface area contributed by atoms with Crippen molar-refractivity contribution < 1.29 is 19.1 Å². The van der Waals surface area contributed by atoms with E-state index in [4.69, 9.17) is 14.5 Å². The number of methoxy groups -OCH3 is 1. The molecule has 0 unspecified atom stereocenters. The van der Waals surface area contributed by atoms with Gasteiger partial charge in [0.2, 0.25) is 0 Å². The van der Waals surface area contributed by atoms with Gasteiger partial charge in [-0.05, 0) is 44.0 Å². The van der Waals surface area contributed by atoms with Crippen molar-refractivity contribution in [2.24, 2.45) is 7.05 Å². The van der Waals surface area contributed by atoms with Crippen LogP contribution in [0.25, 0.3) is 10.9 Å². The lowest BCUT2D eigenvalue weighted by atomic mass is 10.0. The molecule has 1 saturated heterocycles. The summed E-state index contributed by atoms with van der Waals surface area (Å²) >= 11 is 1.45. The standard InChI is InChI=1S/C23H26N4O4S/c1-23(2)19-18(20(28)25-23)32-22(24-19)27-7-8-31-12-15(27)9-14-11-26(3)17-6-5-13(10-16(14)17)21(29)30-4/h5-6,10-11,15H,7-9,12H2,1-4H3,(H,25,28)/t15-/m0/s1. The van der Waals surface area contributed by atoms with Crippen molar-refractivity contribution in [1.82, 2.24) is 14.9 Å². The Balaban J connectivity index is 1.48. The highest BCUT2D eigenvalue weighted by atomic mass is 32.1. The predicted octanol–water partition coefficient (Wildman–Crippen LogP) is 2.85. The number of hydrogen-bond acceptors (Lipinski definition) is 7. The Morgan fingerprint density at radius 2 is 2.22 bits per heavy atom. The number of carbonyl (C=O) groups is 2. The minimum Gasteiger partial charge on any atom is -0.465 e. The van der Waals surface area contributed by atoms with Crippen molar-refractivity contribution in [1.29, 1.82) is 0 Å². The van der Waals surface area contributed by atoms with Crippen LogP contribution in [0.5, 0.6) is 0 Å². The highest BCUT2D eigenvalue weighted by molar-refractivity contribution is 7.17. The zero-order chi connectivity index (χ0) is 22.6. The molecule has 32 heavy (non-hydrogen) atoms. The van der Waals surface area contributed by atoms with E-state index in [1.165, 1.54) is 18.4 Å². The second kappa shape index (κ2) is 7.60. The number of esters is 1. The van der Waals surface area contributed by atoms with Gasteiger partial charge in [-0.15, -0.1) is 0 Å². The number of rotatable bonds is 4. The Morgan fingerprint density at radius 1 is 1.41 bits per heavy atom. The lowest BCUT2D eigenvalue weighted by Crippen LogP contribution is -2.47. The van der Waals surface area contributed by atoms with Crippen LogP contribution in [0.15, 0.2) is 24.4 Å². The Kier molecular flexibility index (Phi) is 4.98. The number of aryl methyl sites for hydroxylation is 1. The van der Waals surface area contributed by atoms with Crippen LogP contribution in [-0.4, -0.2) is 54.3 Å². The Bertz CT molecular complexity index is 1230. The molecule has 4 heterocycles. The lowest BCUT2D eigenvalue weighted by Gasteiger charge is -2.35. The minimum absolute atomic E-state index is 0.0528. The number of aromatic nitrogens is 2. The van der Waals surface area contributed by atoms with Crippen LogP contribution in [0.4, 0.5) is 5.13 Å². The van der Waals surface area contributed by atoms with Crippen molar-refractivity contribution in [3.8, 4) is 0 Å². The van der Waals surface area contributed by atoms with E-state index in [1.807, 2.05) is 33.0 Å². The molecule has 1 fully saturated rings. The van der Waals surface area contributed by atoms with Crippen LogP contribution in [0.2, 0.25) is 0 Å². The van der Waals surface area contributed by atoms with E-state index in [0.29, 0.717) is 23.7 Å². The number of nitrogens with one attached hydrogen (secondary N) is 1. The fourth-order valence-electron chi connectivity index (χ4n) is 4.62. The van der Waals surface area contributed by atoms with E-state index in [2.05, 4.69) is 21.0 Å². The SMILES string of the molecule is COC(=O)c1ccc2c(c1)c(C[C@H]1COCCN1c1nc3c(s1)C(=O)NC3(C)C)cn2C. The first kappa shape index (κ1) is 21.0. The molecule has 9 heteroatoms. The summed E-state index contributed by atoms with van der Waals surface area (Å²) in [5.41, 5.74) is 3.09. The summed E-state index contributed by atoms with van der Waals surface area (Å²) in [4.78, 5) is 32.3. The largest absolute Gasteiger partial charge is 0.465 e. The van der Waals surface area contributed by atoms with Crippen molar-refractivity contribution in [2.75, 3.05) is 31.8 Å². The summed E-state index contributed by atoms with van der Waals surface area (Å²) in [5.74, 6) is -0.398. The number of thiazole rings is 1. The molecular weight excluding hydrogens is 428 g/mol. The third-order valence-electron chi connectivity index (χ3n) is 6.26. The van der Waals surface area contributed by atoms with Crippen molar-refractivity contribution in [2.45, 2.75) is 31.8 Å². The van der Waals surface area contributed by atoms with Gasteiger partial charge in [0.1, 0.15) is 4.88 Å². The number of amides is 1. The summed E-state index contributed by atoms with van der Waals surface area (Å²) in [6.07, 6.45) is 2.85. The van der Waals surface area contributed by atoms with Gasteiger partial charge in [-0.25, -0.2) is 9.78 Å². The molecule has 2 aliphatic rings. The summed E-state index contributed by atoms with van der Waals surface area (Å²) in [7, 11) is 3.40. The van der Waals surface area contributed by atoms with Crippen molar-refractivity contribution in [3.05, 3.63) is 46.1 Å². The van der Waals surface area contributed by atoms with Gasteiger partial charge in [-0.2, -0.15) is 0 Å². The van der Waals surface area contributed by atoms with Gasteiger partial charge >= 0.3 is 5.97 Å². The Hall–Kier alpha value is -2.91. The number of hydrogen-bond donors (Lipinski definition) is 1. The van der Waals surface area contributed by atoms with Crippen LogP contribution in [0, 0.1) is 0 Å². The highest BCUT2D eigenvalue weighted by Gasteiger charge is 2.40. The quantitative estimate of drug-likeness (QED) is 0.610. The fourth-order valence-corrected chi connectivity index (χ4v) is 5.84. The van der Waals surface area contributed by atoms with E-state index in [0.717, 1.165) is 40.3 Å². The summed E-state index contributed by atoms with van der Waals surface area (Å²) in [6.45, 7) is 5.88. The third-order valence-corrected chi connectivity index (χ3v) is 7.35. The molecule has 5 rings (SSSR count). The Morgan fingerprint density at radius 3 is 2.97 bits per heavy atom. The molecule has 0 bridgehead atoms. The number of carbonyl (C=O) groups excluding carboxylic acids is 2. The predicted molar refractivity (Wildman–Crippen MR) is 123 cm³/mol. The van der Waals surface area contributed by atoms with E-state index < -0.39 is 5.54 Å². The van der Waals surface area contributed by atoms with E-state index in [1.54, 1.807) is 6.07 Å². The molecule has 3 aromatic rings. The maximum absolute atomic E-state index is 12.4. The van der Waals surface area contributed by atoms with Gasteiger partial charge in [0.05, 0.1) is 43.2 Å². The maximum atomic E-state index is 12.4.